The van der Waals surface area contributed by atoms with Gasteiger partial charge in [-0.1, -0.05) is 23.8 Å². The van der Waals surface area contributed by atoms with Gasteiger partial charge >= 0.3 is 0 Å². The topological polar surface area (TPSA) is 30.5 Å². The van der Waals surface area contributed by atoms with Gasteiger partial charge in [0.05, 0.1) is 19.3 Å². The van der Waals surface area contributed by atoms with Crippen LogP contribution in [0.2, 0.25) is 0 Å². The first kappa shape index (κ1) is 16.8. The highest BCUT2D eigenvalue weighted by molar-refractivity contribution is 5.52. The number of ether oxygens (including phenoxy) is 2. The predicted molar refractivity (Wildman–Crippen MR) is 98.2 cm³/mol. The highest BCUT2D eigenvalue weighted by Crippen LogP contribution is 2.38. The van der Waals surface area contributed by atoms with Gasteiger partial charge in [0.2, 0.25) is 0 Å². The molecule has 0 fully saturated rings. The monoisotopic (exact) mass is 325 g/mol. The summed E-state index contributed by atoms with van der Waals surface area (Å²) in [5.41, 5.74) is 6.62. The van der Waals surface area contributed by atoms with E-state index in [-0.39, 0.29) is 6.04 Å². The van der Waals surface area contributed by atoms with Crippen LogP contribution in [0.25, 0.3) is 0 Å². The third kappa shape index (κ3) is 3.27. The van der Waals surface area contributed by atoms with E-state index in [0.717, 1.165) is 24.5 Å². The van der Waals surface area contributed by atoms with E-state index in [2.05, 4.69) is 49.5 Å². The maximum atomic E-state index is 5.84. The number of rotatable bonds is 5. The van der Waals surface area contributed by atoms with Gasteiger partial charge in [-0.25, -0.2) is 0 Å². The highest BCUT2D eigenvalue weighted by atomic mass is 16.5. The highest BCUT2D eigenvalue weighted by Gasteiger charge is 2.25. The van der Waals surface area contributed by atoms with Crippen molar-refractivity contribution >= 4 is 0 Å². The van der Waals surface area contributed by atoms with Crippen LogP contribution in [0.15, 0.2) is 30.3 Å². The maximum Gasteiger partial charge on any atom is 0.161 e. The van der Waals surface area contributed by atoms with Crippen LogP contribution in [-0.4, -0.2) is 19.8 Å². The molecule has 1 aliphatic heterocycles. The van der Waals surface area contributed by atoms with Gasteiger partial charge in [-0.2, -0.15) is 0 Å². The molecule has 0 spiro atoms. The van der Waals surface area contributed by atoms with E-state index in [0.29, 0.717) is 13.2 Å². The van der Waals surface area contributed by atoms with Gasteiger partial charge in [0.25, 0.3) is 0 Å². The van der Waals surface area contributed by atoms with Gasteiger partial charge in [0.1, 0.15) is 0 Å². The Morgan fingerprint density at radius 3 is 2.38 bits per heavy atom. The summed E-state index contributed by atoms with van der Waals surface area (Å²) in [6, 6.07) is 11.2. The summed E-state index contributed by atoms with van der Waals surface area (Å²) in [6.45, 7) is 10.6. The van der Waals surface area contributed by atoms with E-state index < -0.39 is 0 Å². The van der Waals surface area contributed by atoms with Gasteiger partial charge in [0.15, 0.2) is 11.5 Å². The minimum atomic E-state index is 0.212. The average molecular weight is 325 g/mol. The van der Waals surface area contributed by atoms with Crippen molar-refractivity contribution in [1.29, 1.82) is 0 Å². The smallest absolute Gasteiger partial charge is 0.161 e. The zero-order valence-corrected chi connectivity index (χ0v) is 15.1. The molecule has 2 aromatic carbocycles. The molecule has 3 nitrogen and oxygen atoms in total. The van der Waals surface area contributed by atoms with Crippen molar-refractivity contribution in [2.75, 3.05) is 19.8 Å². The second kappa shape index (κ2) is 7.27. The zero-order valence-electron chi connectivity index (χ0n) is 15.1. The van der Waals surface area contributed by atoms with Crippen molar-refractivity contribution in [1.82, 2.24) is 5.32 Å². The van der Waals surface area contributed by atoms with Crippen molar-refractivity contribution in [2.45, 2.75) is 40.2 Å². The molecule has 0 radical (unpaired) electrons. The number of hydrogen-bond donors (Lipinski definition) is 1. The average Bonchev–Trinajstić information content (AvgIpc) is 2.57. The molecule has 1 N–H and O–H groups in total. The lowest BCUT2D eigenvalue weighted by atomic mass is 9.87. The summed E-state index contributed by atoms with van der Waals surface area (Å²) in [6.07, 6.45) is 1.02. The van der Waals surface area contributed by atoms with Crippen LogP contribution >= 0.6 is 0 Å². The lowest BCUT2D eigenvalue weighted by molar-refractivity contribution is 0.286. The molecule has 24 heavy (non-hydrogen) atoms. The molecule has 1 heterocycles. The second-order valence-corrected chi connectivity index (χ2v) is 6.36. The van der Waals surface area contributed by atoms with E-state index in [4.69, 9.17) is 9.47 Å². The summed E-state index contributed by atoms with van der Waals surface area (Å²) < 4.78 is 11.6. The summed E-state index contributed by atoms with van der Waals surface area (Å²) in [5, 5.41) is 3.68. The molecule has 0 aliphatic carbocycles. The van der Waals surface area contributed by atoms with Crippen molar-refractivity contribution < 1.29 is 9.47 Å². The van der Waals surface area contributed by atoms with Gasteiger partial charge < -0.3 is 14.8 Å². The molecule has 1 atom stereocenters. The van der Waals surface area contributed by atoms with Crippen LogP contribution in [0, 0.1) is 13.8 Å². The van der Waals surface area contributed by atoms with E-state index >= 15 is 0 Å². The molecule has 0 amide bonds. The molecule has 2 aromatic rings. The molecular formula is C21H27NO2. The molecule has 128 valence electrons. The minimum Gasteiger partial charge on any atom is -0.490 e. The van der Waals surface area contributed by atoms with E-state index in [1.807, 2.05) is 13.8 Å². The first-order valence-electron chi connectivity index (χ1n) is 8.87. The molecule has 0 saturated heterocycles. The Labute approximate surface area is 145 Å². The van der Waals surface area contributed by atoms with E-state index in [9.17, 15) is 0 Å². The Bertz CT molecular complexity index is 724. The molecular weight excluding hydrogens is 298 g/mol. The Balaban J connectivity index is 2.09. The summed E-state index contributed by atoms with van der Waals surface area (Å²) in [7, 11) is 0. The molecule has 0 aromatic heterocycles. The first-order chi connectivity index (χ1) is 11.6. The minimum absolute atomic E-state index is 0.212. The first-order valence-corrected chi connectivity index (χ1v) is 8.87. The maximum absolute atomic E-state index is 5.84. The second-order valence-electron chi connectivity index (χ2n) is 6.36. The zero-order chi connectivity index (χ0) is 17.1. The number of benzene rings is 2. The molecule has 1 unspecified atom stereocenters. The quantitative estimate of drug-likeness (QED) is 0.887. The largest absolute Gasteiger partial charge is 0.490 e. The third-order valence-corrected chi connectivity index (χ3v) is 4.60. The number of hydrogen-bond acceptors (Lipinski definition) is 3. The molecule has 0 saturated carbocycles. The van der Waals surface area contributed by atoms with Crippen LogP contribution in [0.3, 0.4) is 0 Å². The normalized spacial score (nSPS) is 16.6. The molecule has 3 heteroatoms. The number of nitrogens with one attached hydrogen (secondary N) is 1. The van der Waals surface area contributed by atoms with Gasteiger partial charge in [-0.3, -0.25) is 0 Å². The Kier molecular flexibility index (Phi) is 5.10. The fourth-order valence-electron chi connectivity index (χ4n) is 3.45. The number of aryl methyl sites for hydroxylation is 2. The lowest BCUT2D eigenvalue weighted by Gasteiger charge is -2.30. The van der Waals surface area contributed by atoms with Crippen LogP contribution in [0.1, 0.15) is 47.7 Å². The fraction of sp³-hybridized carbons (Fsp3) is 0.429. The van der Waals surface area contributed by atoms with Gasteiger partial charge in [0, 0.05) is 6.54 Å². The van der Waals surface area contributed by atoms with Gasteiger partial charge in [-0.15, -0.1) is 0 Å². The Morgan fingerprint density at radius 1 is 0.958 bits per heavy atom. The SMILES string of the molecule is CCOc1cc2c(cc1OCC)C(c1cc(C)ccc1C)NCC2. The third-order valence-electron chi connectivity index (χ3n) is 4.60. The van der Waals surface area contributed by atoms with Crippen LogP contribution in [-0.2, 0) is 6.42 Å². The van der Waals surface area contributed by atoms with Crippen molar-refractivity contribution in [3.05, 3.63) is 58.1 Å². The van der Waals surface area contributed by atoms with E-state index in [1.165, 1.54) is 27.8 Å². The summed E-state index contributed by atoms with van der Waals surface area (Å²) in [4.78, 5) is 0. The lowest BCUT2D eigenvalue weighted by Crippen LogP contribution is -2.31. The number of fused-ring (bicyclic) bond motifs is 1. The van der Waals surface area contributed by atoms with Crippen LogP contribution < -0.4 is 14.8 Å². The standard InChI is InChI=1S/C21H27NO2/c1-5-23-19-12-16-9-10-22-21(18(16)13-20(19)24-6-2)17-11-14(3)7-8-15(17)4/h7-8,11-13,21-22H,5-6,9-10H2,1-4H3. The van der Waals surface area contributed by atoms with Crippen LogP contribution in [0.5, 0.6) is 11.5 Å². The molecule has 1 aliphatic rings. The van der Waals surface area contributed by atoms with Crippen molar-refractivity contribution in [3.63, 3.8) is 0 Å². The van der Waals surface area contributed by atoms with Crippen molar-refractivity contribution in [2.24, 2.45) is 0 Å². The fourth-order valence-corrected chi connectivity index (χ4v) is 3.45. The predicted octanol–water partition coefficient (Wildman–Crippen LogP) is 4.34. The van der Waals surface area contributed by atoms with Crippen molar-refractivity contribution in [3.8, 4) is 11.5 Å². The van der Waals surface area contributed by atoms with Crippen LogP contribution in [0.4, 0.5) is 0 Å². The van der Waals surface area contributed by atoms with E-state index in [1.54, 1.807) is 0 Å². The summed E-state index contributed by atoms with van der Waals surface area (Å²) in [5.74, 6) is 1.71. The molecule has 3 rings (SSSR count). The summed E-state index contributed by atoms with van der Waals surface area (Å²) >= 11 is 0. The Morgan fingerprint density at radius 2 is 1.67 bits per heavy atom. The van der Waals surface area contributed by atoms with Gasteiger partial charge in [-0.05, 0) is 68.5 Å². The molecule has 0 bridgehead atoms. The Hall–Kier alpha value is -2.00.